The molecular weight excluding hydrogens is 351 g/mol. The fourth-order valence-corrected chi connectivity index (χ4v) is 2.83. The number of hydrogen-bond acceptors (Lipinski definition) is 4. The minimum Gasteiger partial charge on any atom is -0.478 e. The second kappa shape index (κ2) is 6.99. The average Bonchev–Trinajstić information content (AvgIpc) is 2.69. The number of hydrogen-bond donors (Lipinski definition) is 1. The zero-order chi connectivity index (χ0) is 18.8. The highest BCUT2D eigenvalue weighted by molar-refractivity contribution is 5.75. The Balaban J connectivity index is 1.56. The maximum atomic E-state index is 13.0. The van der Waals surface area contributed by atoms with Crippen molar-refractivity contribution >= 4 is 5.97 Å². The number of carbonyl (C=O) groups is 1. The normalized spacial score (nSPS) is 18.0. The summed E-state index contributed by atoms with van der Waals surface area (Å²) in [7, 11) is 0. The van der Waals surface area contributed by atoms with Crippen LogP contribution in [0.5, 0.6) is 23.0 Å². The molecule has 27 heavy (non-hydrogen) atoms. The Kier molecular flexibility index (Phi) is 4.38. The molecule has 0 aliphatic carbocycles. The minimum absolute atomic E-state index is 0.341. The third-order valence-electron chi connectivity index (χ3n) is 4.13. The third kappa shape index (κ3) is 3.55. The van der Waals surface area contributed by atoms with Crippen LogP contribution < -0.4 is 14.2 Å². The van der Waals surface area contributed by atoms with Crippen LogP contribution in [0, 0.1) is 5.82 Å². The molecule has 1 aliphatic rings. The van der Waals surface area contributed by atoms with E-state index in [4.69, 9.17) is 14.2 Å². The number of ether oxygens (including phenoxy) is 3. The molecule has 0 bridgehead atoms. The number of carboxylic acid groups (broad SMARTS) is 1. The smallest absolute Gasteiger partial charge is 0.349 e. The molecule has 5 nitrogen and oxygen atoms in total. The van der Waals surface area contributed by atoms with Crippen molar-refractivity contribution in [1.82, 2.24) is 0 Å². The van der Waals surface area contributed by atoms with E-state index in [1.807, 2.05) is 0 Å². The van der Waals surface area contributed by atoms with Crippen molar-refractivity contribution < 1.29 is 28.5 Å². The van der Waals surface area contributed by atoms with Gasteiger partial charge in [0.15, 0.2) is 17.6 Å². The van der Waals surface area contributed by atoms with Crippen LogP contribution in [0.2, 0.25) is 0 Å². The number of aliphatic carboxylic acids is 1. The van der Waals surface area contributed by atoms with Gasteiger partial charge >= 0.3 is 5.97 Å². The number of para-hydroxylation sites is 2. The van der Waals surface area contributed by atoms with Gasteiger partial charge in [-0.25, -0.2) is 9.18 Å². The van der Waals surface area contributed by atoms with Crippen LogP contribution in [-0.4, -0.2) is 17.2 Å². The van der Waals surface area contributed by atoms with E-state index in [0.29, 0.717) is 28.6 Å². The van der Waals surface area contributed by atoms with E-state index in [1.165, 1.54) is 24.3 Å². The van der Waals surface area contributed by atoms with E-state index in [-0.39, 0.29) is 5.82 Å². The Morgan fingerprint density at radius 3 is 2.00 bits per heavy atom. The second-order valence-corrected chi connectivity index (χ2v) is 5.99. The van der Waals surface area contributed by atoms with Crippen LogP contribution in [0.1, 0.15) is 11.7 Å². The van der Waals surface area contributed by atoms with Crippen LogP contribution in [0.3, 0.4) is 0 Å². The lowest BCUT2D eigenvalue weighted by molar-refractivity contribution is -0.151. The molecule has 2 unspecified atom stereocenters. The molecule has 0 aromatic heterocycles. The lowest BCUT2D eigenvalue weighted by Crippen LogP contribution is -2.39. The first-order valence-corrected chi connectivity index (χ1v) is 8.29. The molecule has 0 saturated carbocycles. The van der Waals surface area contributed by atoms with Gasteiger partial charge in [0.25, 0.3) is 0 Å². The molecule has 0 saturated heterocycles. The van der Waals surface area contributed by atoms with E-state index in [1.54, 1.807) is 48.5 Å². The highest BCUT2D eigenvalue weighted by atomic mass is 19.1. The molecule has 0 radical (unpaired) electrons. The van der Waals surface area contributed by atoms with Crippen molar-refractivity contribution in [2.24, 2.45) is 0 Å². The Morgan fingerprint density at radius 1 is 0.852 bits per heavy atom. The number of rotatable bonds is 4. The molecular formula is C21H15FO5. The van der Waals surface area contributed by atoms with Gasteiger partial charge in [0.2, 0.25) is 6.10 Å². The number of benzene rings is 3. The van der Waals surface area contributed by atoms with Crippen molar-refractivity contribution in [3.05, 3.63) is 84.2 Å². The van der Waals surface area contributed by atoms with Crippen molar-refractivity contribution in [2.45, 2.75) is 12.2 Å². The first-order valence-electron chi connectivity index (χ1n) is 8.29. The fraction of sp³-hybridized carbons (Fsp3) is 0.0952. The largest absolute Gasteiger partial charge is 0.478 e. The SMILES string of the molecule is O=C(O)C1Oc2ccccc2OC1c1ccc(Oc2ccc(F)cc2)cc1. The van der Waals surface area contributed by atoms with Gasteiger partial charge in [0.1, 0.15) is 17.3 Å². The van der Waals surface area contributed by atoms with Gasteiger partial charge in [-0.15, -0.1) is 0 Å². The Hall–Kier alpha value is -3.54. The molecule has 0 amide bonds. The standard InChI is InChI=1S/C21H15FO5/c22-14-7-11-16(12-8-14)25-15-9-5-13(6-10-15)19-20(21(23)24)27-18-4-2-1-3-17(18)26-19/h1-12,19-20H,(H,23,24). The number of fused-ring (bicyclic) bond motifs is 1. The van der Waals surface area contributed by atoms with E-state index < -0.39 is 18.2 Å². The molecule has 0 spiro atoms. The summed E-state index contributed by atoms with van der Waals surface area (Å²) in [6, 6.07) is 19.4. The molecule has 136 valence electrons. The predicted octanol–water partition coefficient (Wildman–Crippen LogP) is 4.58. The second-order valence-electron chi connectivity index (χ2n) is 5.99. The molecule has 1 heterocycles. The van der Waals surface area contributed by atoms with Gasteiger partial charge in [-0.2, -0.15) is 0 Å². The summed E-state index contributed by atoms with van der Waals surface area (Å²) in [5.74, 6) is 0.477. The van der Waals surface area contributed by atoms with Gasteiger partial charge in [-0.1, -0.05) is 24.3 Å². The molecule has 6 heteroatoms. The molecule has 3 aromatic carbocycles. The average molecular weight is 366 g/mol. The fourth-order valence-electron chi connectivity index (χ4n) is 2.83. The summed E-state index contributed by atoms with van der Waals surface area (Å²) >= 11 is 0. The van der Waals surface area contributed by atoms with Crippen LogP contribution in [-0.2, 0) is 4.79 Å². The summed E-state index contributed by atoms with van der Waals surface area (Å²) in [4.78, 5) is 11.6. The topological polar surface area (TPSA) is 65.0 Å². The van der Waals surface area contributed by atoms with E-state index in [0.717, 1.165) is 0 Å². The van der Waals surface area contributed by atoms with Crippen LogP contribution >= 0.6 is 0 Å². The lowest BCUT2D eigenvalue weighted by atomic mass is 10.0. The van der Waals surface area contributed by atoms with E-state index >= 15 is 0 Å². The molecule has 1 N–H and O–H groups in total. The third-order valence-corrected chi connectivity index (χ3v) is 4.13. The molecule has 2 atom stereocenters. The minimum atomic E-state index is -1.16. The van der Waals surface area contributed by atoms with E-state index in [9.17, 15) is 14.3 Å². The van der Waals surface area contributed by atoms with E-state index in [2.05, 4.69) is 0 Å². The predicted molar refractivity (Wildman–Crippen MR) is 94.8 cm³/mol. The van der Waals surface area contributed by atoms with Crippen molar-refractivity contribution in [3.8, 4) is 23.0 Å². The summed E-state index contributed by atoms with van der Waals surface area (Å²) in [5.41, 5.74) is 0.642. The van der Waals surface area contributed by atoms with Gasteiger partial charge < -0.3 is 19.3 Å². The van der Waals surface area contributed by atoms with Crippen molar-refractivity contribution in [3.63, 3.8) is 0 Å². The van der Waals surface area contributed by atoms with Crippen LogP contribution in [0.4, 0.5) is 4.39 Å². The van der Waals surface area contributed by atoms with Crippen LogP contribution in [0.15, 0.2) is 72.8 Å². The van der Waals surface area contributed by atoms with Gasteiger partial charge in [-0.05, 0) is 54.1 Å². The number of carboxylic acids is 1. The number of halogens is 1. The van der Waals surface area contributed by atoms with Gasteiger partial charge in [-0.3, -0.25) is 0 Å². The summed E-state index contributed by atoms with van der Waals surface area (Å²) in [5, 5.41) is 9.51. The highest BCUT2D eigenvalue weighted by Gasteiger charge is 2.38. The van der Waals surface area contributed by atoms with Gasteiger partial charge in [0.05, 0.1) is 0 Å². The zero-order valence-corrected chi connectivity index (χ0v) is 14.0. The maximum Gasteiger partial charge on any atom is 0.349 e. The maximum absolute atomic E-state index is 13.0. The zero-order valence-electron chi connectivity index (χ0n) is 14.0. The quantitative estimate of drug-likeness (QED) is 0.732. The van der Waals surface area contributed by atoms with Crippen molar-refractivity contribution in [1.29, 1.82) is 0 Å². The first kappa shape index (κ1) is 16.9. The summed E-state index contributed by atoms with van der Waals surface area (Å²) in [6.45, 7) is 0. The van der Waals surface area contributed by atoms with Crippen molar-refractivity contribution in [2.75, 3.05) is 0 Å². The molecule has 3 aromatic rings. The monoisotopic (exact) mass is 366 g/mol. The van der Waals surface area contributed by atoms with Gasteiger partial charge in [0, 0.05) is 0 Å². The Morgan fingerprint density at radius 2 is 1.41 bits per heavy atom. The molecule has 1 aliphatic heterocycles. The molecule has 4 rings (SSSR count). The Labute approximate surface area is 154 Å². The first-order chi connectivity index (χ1) is 13.1. The Bertz CT molecular complexity index is 953. The molecule has 0 fully saturated rings. The summed E-state index contributed by atoms with van der Waals surface area (Å²) < 4.78 is 30.1. The lowest BCUT2D eigenvalue weighted by Gasteiger charge is -2.31. The van der Waals surface area contributed by atoms with Crippen LogP contribution in [0.25, 0.3) is 0 Å². The summed E-state index contributed by atoms with van der Waals surface area (Å²) in [6.07, 6.45) is -1.96. The highest BCUT2D eigenvalue weighted by Crippen LogP contribution is 2.39.